The fraction of sp³-hybridized carbons (Fsp3) is 0.316. The number of carbonyl (C=O) groups excluding carboxylic acids is 1. The molecule has 2 rings (SSSR count). The lowest BCUT2D eigenvalue weighted by Crippen LogP contribution is -2.42. The molecule has 0 aliphatic carbocycles. The van der Waals surface area contributed by atoms with Crippen molar-refractivity contribution in [2.24, 2.45) is 0 Å². The lowest BCUT2D eigenvalue weighted by molar-refractivity contribution is -0.123. The molecule has 0 radical (unpaired) electrons. The lowest BCUT2D eigenvalue weighted by atomic mass is 10.1. The molecule has 128 valence electrons. The van der Waals surface area contributed by atoms with Crippen LogP contribution in [-0.2, 0) is 11.3 Å². The maximum absolute atomic E-state index is 12.2. The standard InChI is InChI=1S/C19H23ClN2O2/c1-13(16-6-8-17(20)9-7-16)22-14(2)19(23)21-12-15-4-10-18(24-3)11-5-15/h4-11,13-14,22H,12H2,1-3H3,(H,21,23)/t13-,14+/m0/s1. The predicted molar refractivity (Wildman–Crippen MR) is 97.3 cm³/mol. The zero-order chi connectivity index (χ0) is 17.5. The van der Waals surface area contributed by atoms with E-state index in [1.807, 2.05) is 62.4 Å². The summed E-state index contributed by atoms with van der Waals surface area (Å²) < 4.78 is 5.12. The van der Waals surface area contributed by atoms with Gasteiger partial charge in [0.05, 0.1) is 13.2 Å². The van der Waals surface area contributed by atoms with Gasteiger partial charge in [-0.3, -0.25) is 10.1 Å². The zero-order valence-electron chi connectivity index (χ0n) is 14.2. The van der Waals surface area contributed by atoms with E-state index < -0.39 is 0 Å². The van der Waals surface area contributed by atoms with Crippen LogP contribution in [0.1, 0.15) is 31.0 Å². The highest BCUT2D eigenvalue weighted by atomic mass is 35.5. The number of rotatable bonds is 7. The summed E-state index contributed by atoms with van der Waals surface area (Å²) in [6.45, 7) is 4.37. The van der Waals surface area contributed by atoms with Crippen LogP contribution in [0.2, 0.25) is 5.02 Å². The SMILES string of the molecule is COc1ccc(CNC(=O)[C@@H](C)N[C@@H](C)c2ccc(Cl)cc2)cc1. The van der Waals surface area contributed by atoms with Crippen molar-refractivity contribution >= 4 is 17.5 Å². The van der Waals surface area contributed by atoms with Gasteiger partial charge in [-0.1, -0.05) is 35.9 Å². The second kappa shape index (κ2) is 8.71. The molecule has 0 unspecified atom stereocenters. The summed E-state index contributed by atoms with van der Waals surface area (Å²) in [5, 5.41) is 6.94. The first-order valence-electron chi connectivity index (χ1n) is 7.91. The van der Waals surface area contributed by atoms with E-state index in [2.05, 4.69) is 10.6 Å². The summed E-state index contributed by atoms with van der Waals surface area (Å²) in [5.41, 5.74) is 2.12. The van der Waals surface area contributed by atoms with Crippen molar-refractivity contribution in [3.05, 3.63) is 64.7 Å². The number of benzene rings is 2. The van der Waals surface area contributed by atoms with E-state index in [4.69, 9.17) is 16.3 Å². The third-order valence-corrected chi connectivity index (χ3v) is 4.14. The van der Waals surface area contributed by atoms with E-state index in [0.29, 0.717) is 11.6 Å². The molecule has 5 heteroatoms. The Morgan fingerprint density at radius 1 is 1.08 bits per heavy atom. The number of ether oxygens (including phenoxy) is 1. The van der Waals surface area contributed by atoms with Crippen molar-refractivity contribution in [2.45, 2.75) is 32.5 Å². The molecule has 24 heavy (non-hydrogen) atoms. The molecule has 2 N–H and O–H groups in total. The maximum Gasteiger partial charge on any atom is 0.237 e. The Balaban J connectivity index is 1.83. The molecular weight excluding hydrogens is 324 g/mol. The molecular formula is C19H23ClN2O2. The number of hydrogen-bond acceptors (Lipinski definition) is 3. The molecule has 0 fully saturated rings. The summed E-state index contributed by atoms with van der Waals surface area (Å²) in [7, 11) is 1.63. The number of halogens is 1. The Kier molecular flexibility index (Phi) is 6.64. The van der Waals surface area contributed by atoms with E-state index in [9.17, 15) is 4.79 Å². The van der Waals surface area contributed by atoms with Crippen molar-refractivity contribution in [3.63, 3.8) is 0 Å². The van der Waals surface area contributed by atoms with E-state index in [0.717, 1.165) is 16.9 Å². The molecule has 0 saturated heterocycles. The predicted octanol–water partition coefficient (Wildman–Crippen LogP) is 3.70. The summed E-state index contributed by atoms with van der Waals surface area (Å²) in [6, 6.07) is 15.0. The van der Waals surface area contributed by atoms with Crippen LogP contribution < -0.4 is 15.4 Å². The van der Waals surface area contributed by atoms with Gasteiger partial charge in [0.2, 0.25) is 5.91 Å². The van der Waals surface area contributed by atoms with E-state index in [1.54, 1.807) is 7.11 Å². The molecule has 2 aromatic carbocycles. The van der Waals surface area contributed by atoms with Gasteiger partial charge in [-0.25, -0.2) is 0 Å². The summed E-state index contributed by atoms with van der Waals surface area (Å²) in [4.78, 5) is 12.2. The van der Waals surface area contributed by atoms with Crippen molar-refractivity contribution < 1.29 is 9.53 Å². The lowest BCUT2D eigenvalue weighted by Gasteiger charge is -2.20. The molecule has 1 amide bonds. The van der Waals surface area contributed by atoms with Gasteiger partial charge in [0.15, 0.2) is 0 Å². The number of amides is 1. The first-order chi connectivity index (χ1) is 11.5. The molecule has 2 aromatic rings. The largest absolute Gasteiger partial charge is 0.497 e. The third kappa shape index (κ3) is 5.25. The van der Waals surface area contributed by atoms with Crippen LogP contribution in [0, 0.1) is 0 Å². The van der Waals surface area contributed by atoms with E-state index in [-0.39, 0.29) is 18.0 Å². The Hall–Kier alpha value is -2.04. The first-order valence-corrected chi connectivity index (χ1v) is 8.29. The molecule has 0 heterocycles. The molecule has 4 nitrogen and oxygen atoms in total. The van der Waals surface area contributed by atoms with Gasteiger partial charge in [-0.15, -0.1) is 0 Å². The van der Waals surface area contributed by atoms with Gasteiger partial charge in [0.1, 0.15) is 5.75 Å². The van der Waals surface area contributed by atoms with Crippen molar-refractivity contribution in [1.82, 2.24) is 10.6 Å². The van der Waals surface area contributed by atoms with Gasteiger partial charge in [0, 0.05) is 17.6 Å². The Morgan fingerprint density at radius 3 is 2.29 bits per heavy atom. The Bertz CT molecular complexity index is 656. The van der Waals surface area contributed by atoms with E-state index in [1.165, 1.54) is 0 Å². The van der Waals surface area contributed by atoms with Crippen LogP contribution >= 0.6 is 11.6 Å². The topological polar surface area (TPSA) is 50.4 Å². The number of methoxy groups -OCH3 is 1. The molecule has 0 aliphatic rings. The fourth-order valence-corrected chi connectivity index (χ4v) is 2.51. The number of nitrogens with one attached hydrogen (secondary N) is 2. The van der Waals surface area contributed by atoms with Crippen molar-refractivity contribution in [3.8, 4) is 5.75 Å². The van der Waals surface area contributed by atoms with Gasteiger partial charge in [-0.2, -0.15) is 0 Å². The van der Waals surface area contributed by atoms with Crippen molar-refractivity contribution in [2.75, 3.05) is 7.11 Å². The summed E-state index contributed by atoms with van der Waals surface area (Å²) >= 11 is 5.90. The van der Waals surface area contributed by atoms with Gasteiger partial charge >= 0.3 is 0 Å². The second-order valence-electron chi connectivity index (χ2n) is 5.73. The minimum absolute atomic E-state index is 0.0355. The maximum atomic E-state index is 12.2. The van der Waals surface area contributed by atoms with Gasteiger partial charge in [-0.05, 0) is 49.2 Å². The summed E-state index contributed by atoms with van der Waals surface area (Å²) in [5.74, 6) is 0.767. The fourth-order valence-electron chi connectivity index (χ4n) is 2.38. The quantitative estimate of drug-likeness (QED) is 0.803. The normalized spacial score (nSPS) is 13.2. The van der Waals surface area contributed by atoms with Crippen LogP contribution in [0.3, 0.4) is 0 Å². The van der Waals surface area contributed by atoms with Gasteiger partial charge < -0.3 is 10.1 Å². The highest BCUT2D eigenvalue weighted by Gasteiger charge is 2.16. The first kappa shape index (κ1) is 18.3. The minimum atomic E-state index is -0.297. The zero-order valence-corrected chi connectivity index (χ0v) is 14.9. The van der Waals surface area contributed by atoms with Gasteiger partial charge in [0.25, 0.3) is 0 Å². The highest BCUT2D eigenvalue weighted by molar-refractivity contribution is 6.30. The second-order valence-corrected chi connectivity index (χ2v) is 6.16. The number of hydrogen-bond donors (Lipinski definition) is 2. The van der Waals surface area contributed by atoms with Crippen LogP contribution in [0.4, 0.5) is 0 Å². The monoisotopic (exact) mass is 346 g/mol. The molecule has 0 bridgehead atoms. The Labute approximate surface area is 148 Å². The molecule has 0 aliphatic heterocycles. The van der Waals surface area contributed by atoms with E-state index >= 15 is 0 Å². The van der Waals surface area contributed by atoms with Crippen LogP contribution in [0.25, 0.3) is 0 Å². The summed E-state index contributed by atoms with van der Waals surface area (Å²) in [6.07, 6.45) is 0. The average molecular weight is 347 g/mol. The molecule has 2 atom stereocenters. The third-order valence-electron chi connectivity index (χ3n) is 3.89. The van der Waals surface area contributed by atoms with Crippen molar-refractivity contribution in [1.29, 1.82) is 0 Å². The molecule has 0 saturated carbocycles. The smallest absolute Gasteiger partial charge is 0.237 e. The Morgan fingerprint density at radius 2 is 1.71 bits per heavy atom. The van der Waals surface area contributed by atoms with Crippen LogP contribution in [0.5, 0.6) is 5.75 Å². The average Bonchev–Trinajstić information content (AvgIpc) is 2.60. The highest BCUT2D eigenvalue weighted by Crippen LogP contribution is 2.16. The van der Waals surface area contributed by atoms with Crippen LogP contribution in [0.15, 0.2) is 48.5 Å². The number of carbonyl (C=O) groups is 1. The van der Waals surface area contributed by atoms with Crippen LogP contribution in [-0.4, -0.2) is 19.1 Å². The minimum Gasteiger partial charge on any atom is -0.497 e. The molecule has 0 aromatic heterocycles. The molecule has 0 spiro atoms.